The summed E-state index contributed by atoms with van der Waals surface area (Å²) in [4.78, 5) is 0. The number of allylic oxidation sites excluding steroid dienone is 4. The Hall–Kier alpha value is -1.58. The molecule has 1 heterocycles. The third-order valence-electron chi connectivity index (χ3n) is 1.61. The number of halogens is 1. The summed E-state index contributed by atoms with van der Waals surface area (Å²) in [6.07, 6.45) is 4.73. The van der Waals surface area contributed by atoms with E-state index in [1.165, 1.54) is 6.21 Å². The molecule has 0 fully saturated rings. The predicted octanol–water partition coefficient (Wildman–Crippen LogP) is 3.45. The molecule has 1 aliphatic rings. The summed E-state index contributed by atoms with van der Waals surface area (Å²) >= 11 is 0. The molecule has 92 valence electrons. The summed E-state index contributed by atoms with van der Waals surface area (Å²) in [5.74, 6) is 0. The largest absolute Gasteiger partial charge is 0.286 e. The van der Waals surface area contributed by atoms with E-state index >= 15 is 0 Å². The summed E-state index contributed by atoms with van der Waals surface area (Å²) in [7, 11) is 0. The van der Waals surface area contributed by atoms with Crippen molar-refractivity contribution in [2.45, 2.75) is 34.6 Å². The van der Waals surface area contributed by atoms with Crippen molar-refractivity contribution in [3.05, 3.63) is 35.7 Å². The average Bonchev–Trinajstić information content (AvgIpc) is 2.36. The van der Waals surface area contributed by atoms with Crippen LogP contribution in [-0.2, 0) is 0 Å². The minimum atomic E-state index is 0.317. The number of hydrogen-bond donors (Lipinski definition) is 2. The maximum absolute atomic E-state index is 12.1. The van der Waals surface area contributed by atoms with Gasteiger partial charge in [-0.05, 0) is 24.1 Å². The first-order valence-electron chi connectivity index (χ1n) is 5.47. The molecule has 0 saturated carbocycles. The summed E-state index contributed by atoms with van der Waals surface area (Å²) in [6, 6.07) is 0. The van der Waals surface area contributed by atoms with E-state index in [-0.39, 0.29) is 0 Å². The molecule has 0 aromatic heterocycles. The first-order valence-corrected chi connectivity index (χ1v) is 5.47. The van der Waals surface area contributed by atoms with Gasteiger partial charge in [-0.1, -0.05) is 34.3 Å². The highest BCUT2D eigenvalue weighted by atomic mass is 19.2. The van der Waals surface area contributed by atoms with Crippen LogP contribution in [0.25, 0.3) is 0 Å². The van der Waals surface area contributed by atoms with Crippen LogP contribution in [0.5, 0.6) is 0 Å². The fourth-order valence-electron chi connectivity index (χ4n) is 0.773. The number of hydrogen-bond acceptors (Lipinski definition) is 3. The molecule has 1 rings (SSSR count). The molecule has 4 heteroatoms. The molecule has 0 aliphatic carbocycles. The van der Waals surface area contributed by atoms with Crippen LogP contribution in [-0.4, -0.2) is 6.21 Å². The second kappa shape index (κ2) is 11.5. The third-order valence-corrected chi connectivity index (χ3v) is 1.61. The van der Waals surface area contributed by atoms with Gasteiger partial charge in [-0.25, -0.2) is 5.54 Å². The summed E-state index contributed by atoms with van der Waals surface area (Å²) in [5, 5.41) is 3.70. The van der Waals surface area contributed by atoms with Gasteiger partial charge in [0.15, 0.2) is 0 Å². The Labute approximate surface area is 97.8 Å². The lowest BCUT2D eigenvalue weighted by molar-refractivity contribution is 0.395. The van der Waals surface area contributed by atoms with E-state index < -0.39 is 0 Å². The number of nitrogens with one attached hydrogen (secondary N) is 2. The smallest absolute Gasteiger partial charge is 0.0891 e. The highest BCUT2D eigenvalue weighted by Crippen LogP contribution is 2.12. The molecule has 2 N–H and O–H groups in total. The lowest BCUT2D eigenvalue weighted by Crippen LogP contribution is -2.09. The van der Waals surface area contributed by atoms with Gasteiger partial charge in [-0.2, -0.15) is 5.10 Å². The van der Waals surface area contributed by atoms with Gasteiger partial charge in [-0.15, -0.1) is 4.48 Å². The first kappa shape index (κ1) is 16.8. The van der Waals surface area contributed by atoms with E-state index in [9.17, 15) is 4.48 Å². The van der Waals surface area contributed by atoms with Crippen molar-refractivity contribution in [1.82, 2.24) is 11.0 Å². The Morgan fingerprint density at radius 2 is 1.88 bits per heavy atom. The molecule has 0 spiro atoms. The van der Waals surface area contributed by atoms with Crippen molar-refractivity contribution in [3.8, 4) is 0 Å². The van der Waals surface area contributed by atoms with E-state index in [4.69, 9.17) is 0 Å². The zero-order chi connectivity index (χ0) is 13.0. The highest BCUT2D eigenvalue weighted by Gasteiger charge is 2.02. The van der Waals surface area contributed by atoms with Gasteiger partial charge in [0, 0.05) is 6.20 Å². The molecule has 0 atom stereocenters. The zero-order valence-corrected chi connectivity index (χ0v) is 10.8. The van der Waals surface area contributed by atoms with Crippen LogP contribution in [0.3, 0.4) is 0 Å². The molecule has 0 aromatic rings. The molecule has 0 radical (unpaired) electrons. The van der Waals surface area contributed by atoms with E-state index in [0.29, 0.717) is 5.70 Å². The molecular weight excluding hydrogens is 205 g/mol. The molecule has 0 amide bonds. The molecule has 0 bridgehead atoms. The standard InChI is InChI=1S/C8H10FN3.2C2H6/c1-6-3-4-10-11-5-8(12-9)7(6)2;2*1-2/h3-5,10,12H,1H2,2H3;2*1-2H3/b4-3-,8-7+,11-5-;;. The van der Waals surface area contributed by atoms with Gasteiger partial charge in [0.2, 0.25) is 0 Å². The van der Waals surface area contributed by atoms with Crippen LogP contribution in [0.1, 0.15) is 34.6 Å². The Balaban J connectivity index is 0. The van der Waals surface area contributed by atoms with Crippen LogP contribution >= 0.6 is 0 Å². The molecule has 16 heavy (non-hydrogen) atoms. The molecule has 0 saturated heterocycles. The van der Waals surface area contributed by atoms with Crippen LogP contribution < -0.4 is 11.0 Å². The molecule has 3 nitrogen and oxygen atoms in total. The maximum Gasteiger partial charge on any atom is 0.0891 e. The summed E-state index contributed by atoms with van der Waals surface area (Å²) in [5.41, 5.74) is 5.93. The van der Waals surface area contributed by atoms with Crippen molar-refractivity contribution >= 4 is 6.21 Å². The van der Waals surface area contributed by atoms with Gasteiger partial charge in [-0.3, -0.25) is 5.43 Å². The van der Waals surface area contributed by atoms with Gasteiger partial charge in [0.05, 0.1) is 11.9 Å². The second-order valence-corrected chi connectivity index (χ2v) is 2.38. The molecule has 0 aromatic carbocycles. The van der Waals surface area contributed by atoms with Crippen molar-refractivity contribution in [2.75, 3.05) is 0 Å². The Kier molecular flexibility index (Phi) is 12.1. The molecular formula is C12H22FN3. The van der Waals surface area contributed by atoms with Crippen LogP contribution in [0.4, 0.5) is 4.48 Å². The normalized spacial score (nSPS) is 22.0. The van der Waals surface area contributed by atoms with Crippen LogP contribution in [0.2, 0.25) is 0 Å². The quantitative estimate of drug-likeness (QED) is 0.673. The van der Waals surface area contributed by atoms with E-state index in [0.717, 1.165) is 11.1 Å². The van der Waals surface area contributed by atoms with Crippen molar-refractivity contribution in [2.24, 2.45) is 5.10 Å². The predicted molar refractivity (Wildman–Crippen MR) is 69.5 cm³/mol. The SMILES string of the molecule is C=C1/C=C\N/N=C\C(NF)=C/1C.CC.CC. The minimum absolute atomic E-state index is 0.317. The van der Waals surface area contributed by atoms with E-state index in [1.54, 1.807) is 24.7 Å². The number of rotatable bonds is 1. The number of nitrogens with zero attached hydrogens (tertiary/aromatic N) is 1. The Bertz CT molecular complexity index is 278. The van der Waals surface area contributed by atoms with Crippen LogP contribution in [0, 0.1) is 0 Å². The highest BCUT2D eigenvalue weighted by molar-refractivity contribution is 5.80. The summed E-state index contributed by atoms with van der Waals surface area (Å²) in [6.45, 7) is 13.5. The van der Waals surface area contributed by atoms with Gasteiger partial charge in [0.1, 0.15) is 0 Å². The van der Waals surface area contributed by atoms with Crippen molar-refractivity contribution in [3.63, 3.8) is 0 Å². The fraction of sp³-hybridized carbons (Fsp3) is 0.417. The van der Waals surface area contributed by atoms with Crippen molar-refractivity contribution < 1.29 is 4.48 Å². The molecule has 0 unspecified atom stereocenters. The van der Waals surface area contributed by atoms with Gasteiger partial charge < -0.3 is 0 Å². The van der Waals surface area contributed by atoms with E-state index in [2.05, 4.69) is 17.1 Å². The monoisotopic (exact) mass is 227 g/mol. The van der Waals surface area contributed by atoms with E-state index in [1.807, 2.05) is 27.7 Å². The maximum atomic E-state index is 12.1. The first-order chi connectivity index (χ1) is 7.75. The zero-order valence-electron chi connectivity index (χ0n) is 10.8. The second-order valence-electron chi connectivity index (χ2n) is 2.38. The van der Waals surface area contributed by atoms with Gasteiger partial charge in [0.25, 0.3) is 0 Å². The summed E-state index contributed by atoms with van der Waals surface area (Å²) < 4.78 is 12.1. The molecule has 1 aliphatic heterocycles. The fourth-order valence-corrected chi connectivity index (χ4v) is 0.773. The average molecular weight is 227 g/mol. The third kappa shape index (κ3) is 6.01. The van der Waals surface area contributed by atoms with Gasteiger partial charge >= 0.3 is 0 Å². The van der Waals surface area contributed by atoms with Crippen molar-refractivity contribution in [1.29, 1.82) is 0 Å². The van der Waals surface area contributed by atoms with Crippen LogP contribution in [0.15, 0.2) is 40.8 Å². The topological polar surface area (TPSA) is 36.4 Å². The Morgan fingerprint density at radius 1 is 1.31 bits per heavy atom. The Morgan fingerprint density at radius 3 is 2.38 bits per heavy atom. The lowest BCUT2D eigenvalue weighted by Gasteiger charge is -2.07. The lowest BCUT2D eigenvalue weighted by atomic mass is 10.1. The minimum Gasteiger partial charge on any atom is -0.286 e. The number of hydrazone groups is 1.